The first-order chi connectivity index (χ1) is 8.28. The molecule has 0 aromatic heterocycles. The summed E-state index contributed by atoms with van der Waals surface area (Å²) in [6, 6.07) is 3.09. The van der Waals surface area contributed by atoms with Gasteiger partial charge in [-0.3, -0.25) is 4.90 Å². The molecule has 98 valence electrons. The summed E-state index contributed by atoms with van der Waals surface area (Å²) in [6.45, 7) is 5.96. The molecule has 0 spiro atoms. The van der Waals surface area contributed by atoms with Crippen molar-refractivity contribution in [3.05, 3.63) is 28.0 Å². The van der Waals surface area contributed by atoms with E-state index in [0.29, 0.717) is 23.1 Å². The molecule has 5 heteroatoms. The number of rotatable bonds is 0. The number of ether oxygens (including phenoxy) is 1. The van der Waals surface area contributed by atoms with Crippen LogP contribution in [-0.2, 0) is 11.2 Å². The molecule has 1 aromatic carbocycles. The summed E-state index contributed by atoms with van der Waals surface area (Å²) in [4.78, 5) is 13.5. The molecule has 1 aliphatic rings. The molecule has 0 atom stereocenters. The summed E-state index contributed by atoms with van der Waals surface area (Å²) >= 11 is 3.14. The van der Waals surface area contributed by atoms with Crippen molar-refractivity contribution in [1.82, 2.24) is 0 Å². The Morgan fingerprint density at radius 2 is 2.11 bits per heavy atom. The molecule has 0 bridgehead atoms. The van der Waals surface area contributed by atoms with Crippen LogP contribution in [-0.4, -0.2) is 18.2 Å². The molecular weight excluding hydrogens is 301 g/mol. The topological polar surface area (TPSA) is 29.5 Å². The van der Waals surface area contributed by atoms with Crippen LogP contribution in [0.15, 0.2) is 16.6 Å². The van der Waals surface area contributed by atoms with E-state index in [2.05, 4.69) is 15.9 Å². The maximum absolute atomic E-state index is 13.5. The van der Waals surface area contributed by atoms with Crippen molar-refractivity contribution in [3.63, 3.8) is 0 Å². The van der Waals surface area contributed by atoms with Gasteiger partial charge in [-0.1, -0.05) is 0 Å². The number of hydrogen-bond donors (Lipinski definition) is 0. The van der Waals surface area contributed by atoms with E-state index in [-0.39, 0.29) is 5.82 Å². The minimum Gasteiger partial charge on any atom is -0.443 e. The normalized spacial score (nSPS) is 14.6. The number of carbonyl (C=O) groups excluding carboxylic acids is 1. The third-order valence-electron chi connectivity index (χ3n) is 2.63. The molecule has 3 nitrogen and oxygen atoms in total. The van der Waals surface area contributed by atoms with E-state index in [1.54, 1.807) is 6.07 Å². The van der Waals surface area contributed by atoms with Crippen molar-refractivity contribution >= 4 is 27.7 Å². The first-order valence-corrected chi connectivity index (χ1v) is 6.56. The fraction of sp³-hybridized carbons (Fsp3) is 0.462. The second kappa shape index (κ2) is 4.53. The van der Waals surface area contributed by atoms with Crippen molar-refractivity contribution in [1.29, 1.82) is 0 Å². The lowest BCUT2D eigenvalue weighted by molar-refractivity contribution is 0.0584. The quantitative estimate of drug-likeness (QED) is 0.727. The lowest BCUT2D eigenvalue weighted by Gasteiger charge is -2.24. The van der Waals surface area contributed by atoms with Crippen LogP contribution in [0, 0.1) is 5.82 Å². The van der Waals surface area contributed by atoms with Gasteiger partial charge in [0, 0.05) is 6.54 Å². The van der Waals surface area contributed by atoms with Crippen molar-refractivity contribution in [2.24, 2.45) is 0 Å². The van der Waals surface area contributed by atoms with Crippen LogP contribution in [0.1, 0.15) is 26.3 Å². The van der Waals surface area contributed by atoms with Crippen LogP contribution in [0.3, 0.4) is 0 Å². The van der Waals surface area contributed by atoms with Gasteiger partial charge in [-0.25, -0.2) is 9.18 Å². The highest BCUT2D eigenvalue weighted by Gasteiger charge is 2.29. The SMILES string of the molecule is CC(C)(C)OC(=O)N1CCc2cc(Br)c(F)cc21. The highest BCUT2D eigenvalue weighted by molar-refractivity contribution is 9.10. The van der Waals surface area contributed by atoms with E-state index in [0.717, 1.165) is 5.56 Å². The molecule has 1 aliphatic heterocycles. The summed E-state index contributed by atoms with van der Waals surface area (Å²) in [5.74, 6) is -0.371. The zero-order valence-electron chi connectivity index (χ0n) is 10.6. The first kappa shape index (κ1) is 13.3. The summed E-state index contributed by atoms with van der Waals surface area (Å²) in [6.07, 6.45) is 0.288. The highest BCUT2D eigenvalue weighted by Crippen LogP contribution is 2.33. The smallest absolute Gasteiger partial charge is 0.414 e. The largest absolute Gasteiger partial charge is 0.443 e. The first-order valence-electron chi connectivity index (χ1n) is 5.76. The second-order valence-corrected chi connectivity index (χ2v) is 6.13. The second-order valence-electron chi connectivity index (χ2n) is 5.28. The molecular formula is C13H15BrFNO2. The summed E-state index contributed by atoms with van der Waals surface area (Å²) in [5, 5.41) is 0. The standard InChI is InChI=1S/C13H15BrFNO2/c1-13(2,3)18-12(17)16-5-4-8-6-9(14)10(15)7-11(8)16/h6-7H,4-5H2,1-3H3. The van der Waals surface area contributed by atoms with Crippen LogP contribution < -0.4 is 4.90 Å². The van der Waals surface area contributed by atoms with E-state index >= 15 is 0 Å². The Morgan fingerprint density at radius 3 is 2.72 bits per heavy atom. The Kier molecular flexibility index (Phi) is 3.36. The van der Waals surface area contributed by atoms with Crippen LogP contribution >= 0.6 is 15.9 Å². The molecule has 2 rings (SSSR count). The van der Waals surface area contributed by atoms with Crippen molar-refractivity contribution < 1.29 is 13.9 Å². The fourth-order valence-electron chi connectivity index (χ4n) is 1.89. The number of fused-ring (bicyclic) bond motifs is 1. The number of nitrogens with zero attached hydrogens (tertiary/aromatic N) is 1. The van der Waals surface area contributed by atoms with Gasteiger partial charge < -0.3 is 4.74 Å². The molecule has 0 saturated carbocycles. The molecule has 0 aliphatic carbocycles. The average Bonchev–Trinajstić information content (AvgIpc) is 2.59. The molecule has 0 unspecified atom stereocenters. The van der Waals surface area contributed by atoms with Gasteiger partial charge in [0.25, 0.3) is 0 Å². The Morgan fingerprint density at radius 1 is 1.44 bits per heavy atom. The molecule has 0 radical (unpaired) electrons. The number of hydrogen-bond acceptors (Lipinski definition) is 2. The number of benzene rings is 1. The fourth-order valence-corrected chi connectivity index (χ4v) is 2.28. The van der Waals surface area contributed by atoms with Gasteiger partial charge >= 0.3 is 6.09 Å². The predicted octanol–water partition coefficient (Wildman–Crippen LogP) is 3.89. The lowest BCUT2D eigenvalue weighted by atomic mass is 10.2. The van der Waals surface area contributed by atoms with Crippen LogP contribution in [0.4, 0.5) is 14.9 Å². The van der Waals surface area contributed by atoms with Gasteiger partial charge in [0.1, 0.15) is 11.4 Å². The van der Waals surface area contributed by atoms with Crippen LogP contribution in [0.25, 0.3) is 0 Å². The van der Waals surface area contributed by atoms with E-state index in [1.807, 2.05) is 20.8 Å². The van der Waals surface area contributed by atoms with E-state index in [4.69, 9.17) is 4.74 Å². The van der Waals surface area contributed by atoms with Gasteiger partial charge in [-0.05, 0) is 60.8 Å². The molecule has 0 N–H and O–H groups in total. The summed E-state index contributed by atoms with van der Waals surface area (Å²) < 4.78 is 19.2. The maximum Gasteiger partial charge on any atom is 0.414 e. The zero-order chi connectivity index (χ0) is 13.5. The third-order valence-corrected chi connectivity index (χ3v) is 3.24. The Bertz CT molecular complexity index is 496. The Labute approximate surface area is 114 Å². The summed E-state index contributed by atoms with van der Waals surface area (Å²) in [5.41, 5.74) is 1.01. The lowest BCUT2D eigenvalue weighted by Crippen LogP contribution is -2.35. The molecule has 18 heavy (non-hydrogen) atoms. The van der Waals surface area contributed by atoms with Crippen molar-refractivity contribution in [2.75, 3.05) is 11.4 Å². The van der Waals surface area contributed by atoms with E-state index in [1.165, 1.54) is 11.0 Å². The predicted molar refractivity (Wildman–Crippen MR) is 71.4 cm³/mol. The molecule has 0 fully saturated rings. The van der Waals surface area contributed by atoms with Gasteiger partial charge in [-0.15, -0.1) is 0 Å². The molecule has 1 aromatic rings. The van der Waals surface area contributed by atoms with Crippen LogP contribution in [0.2, 0.25) is 0 Å². The highest BCUT2D eigenvalue weighted by atomic mass is 79.9. The average molecular weight is 316 g/mol. The van der Waals surface area contributed by atoms with E-state index < -0.39 is 11.7 Å². The number of halogens is 2. The van der Waals surface area contributed by atoms with Gasteiger partial charge in [0.2, 0.25) is 0 Å². The minimum atomic E-state index is -0.548. The Balaban J connectivity index is 2.26. The van der Waals surface area contributed by atoms with Gasteiger partial charge in [0.15, 0.2) is 0 Å². The molecule has 1 heterocycles. The van der Waals surface area contributed by atoms with Gasteiger partial charge in [-0.2, -0.15) is 0 Å². The molecule has 0 saturated heterocycles. The summed E-state index contributed by atoms with van der Waals surface area (Å²) in [7, 11) is 0. The zero-order valence-corrected chi connectivity index (χ0v) is 12.2. The monoisotopic (exact) mass is 315 g/mol. The van der Waals surface area contributed by atoms with Crippen molar-refractivity contribution in [3.8, 4) is 0 Å². The maximum atomic E-state index is 13.5. The minimum absolute atomic E-state index is 0.371. The van der Waals surface area contributed by atoms with Gasteiger partial charge in [0.05, 0.1) is 10.2 Å². The van der Waals surface area contributed by atoms with E-state index in [9.17, 15) is 9.18 Å². The van der Waals surface area contributed by atoms with Crippen LogP contribution in [0.5, 0.6) is 0 Å². The number of carbonyl (C=O) groups is 1. The third kappa shape index (κ3) is 2.66. The molecule has 1 amide bonds. The number of anilines is 1. The van der Waals surface area contributed by atoms with Crippen molar-refractivity contribution in [2.45, 2.75) is 32.8 Å². The number of amides is 1. The Hall–Kier alpha value is -1.10.